The Labute approximate surface area is 167 Å². The third-order valence-corrected chi connectivity index (χ3v) is 5.19. The Hall–Kier alpha value is -3.86. The first-order valence-electron chi connectivity index (χ1n) is 9.65. The molecule has 0 saturated carbocycles. The van der Waals surface area contributed by atoms with Crippen LogP contribution in [0.5, 0.6) is 0 Å². The van der Waals surface area contributed by atoms with Crippen molar-refractivity contribution in [2.24, 2.45) is 0 Å². The number of nitrogens with zero attached hydrogens (tertiary/aromatic N) is 1. The number of hydrogen-bond donors (Lipinski definition) is 3. The normalized spacial score (nSPS) is 11.7. The highest BCUT2D eigenvalue weighted by Crippen LogP contribution is 2.25. The molecule has 29 heavy (non-hydrogen) atoms. The fraction of sp³-hybridized carbons (Fsp3) is 0.0833. The minimum absolute atomic E-state index is 0.120. The van der Waals surface area contributed by atoms with Gasteiger partial charge in [-0.15, -0.1) is 0 Å². The molecule has 142 valence electrons. The molecule has 3 heterocycles. The van der Waals surface area contributed by atoms with E-state index in [1.807, 2.05) is 48.8 Å². The molecule has 0 aliphatic heterocycles. The van der Waals surface area contributed by atoms with E-state index in [0.29, 0.717) is 6.54 Å². The van der Waals surface area contributed by atoms with E-state index in [1.54, 1.807) is 6.08 Å². The number of amides is 1. The smallest absolute Gasteiger partial charge is 0.244 e. The second-order valence-corrected chi connectivity index (χ2v) is 7.06. The second-order valence-electron chi connectivity index (χ2n) is 7.06. The monoisotopic (exact) mass is 380 g/mol. The van der Waals surface area contributed by atoms with Crippen LogP contribution < -0.4 is 5.32 Å². The molecule has 5 aromatic rings. The van der Waals surface area contributed by atoms with E-state index in [2.05, 4.69) is 38.5 Å². The summed E-state index contributed by atoms with van der Waals surface area (Å²) in [5, 5.41) is 6.41. The Bertz CT molecular complexity index is 1360. The van der Waals surface area contributed by atoms with E-state index < -0.39 is 0 Å². The molecule has 5 heteroatoms. The Kier molecular flexibility index (Phi) is 4.33. The Morgan fingerprint density at radius 3 is 2.66 bits per heavy atom. The largest absolute Gasteiger partial charge is 0.361 e. The zero-order chi connectivity index (χ0) is 19.6. The van der Waals surface area contributed by atoms with Crippen LogP contribution in [0.3, 0.4) is 0 Å². The Balaban J connectivity index is 1.25. The number of nitrogens with one attached hydrogen (secondary N) is 3. The predicted octanol–water partition coefficient (Wildman–Crippen LogP) is 4.57. The highest BCUT2D eigenvalue weighted by atomic mass is 16.1. The molecule has 5 rings (SSSR count). The van der Waals surface area contributed by atoms with Crippen LogP contribution in [0.1, 0.15) is 11.3 Å². The van der Waals surface area contributed by atoms with Crippen LogP contribution in [0.4, 0.5) is 0 Å². The Morgan fingerprint density at radius 2 is 1.76 bits per heavy atom. The quantitative estimate of drug-likeness (QED) is 0.391. The van der Waals surface area contributed by atoms with Gasteiger partial charge in [-0.3, -0.25) is 9.78 Å². The van der Waals surface area contributed by atoms with Crippen LogP contribution in [0.15, 0.2) is 73.1 Å². The minimum Gasteiger partial charge on any atom is -0.361 e. The predicted molar refractivity (Wildman–Crippen MR) is 118 cm³/mol. The summed E-state index contributed by atoms with van der Waals surface area (Å²) in [4.78, 5) is 23.2. The van der Waals surface area contributed by atoms with Crippen molar-refractivity contribution >= 4 is 44.7 Å². The maximum atomic E-state index is 12.2. The maximum absolute atomic E-state index is 12.2. The standard InChI is InChI=1S/C24H20N4O/c29-24(25-12-11-16-14-27-21-7-3-1-5-18(16)21)10-9-17-13-20-19-6-2-4-8-22(19)28-23(20)15-26-17/h1-10,13-15,27-28H,11-12H2,(H,25,29)/b10-9+. The number of carbonyl (C=O) groups excluding carboxylic acids is 1. The molecule has 0 radical (unpaired) electrons. The van der Waals surface area contributed by atoms with Gasteiger partial charge in [-0.1, -0.05) is 36.4 Å². The maximum Gasteiger partial charge on any atom is 0.244 e. The molecule has 1 amide bonds. The van der Waals surface area contributed by atoms with E-state index >= 15 is 0 Å². The number of hydrogen-bond acceptors (Lipinski definition) is 2. The summed E-state index contributed by atoms with van der Waals surface area (Å²) in [6.07, 6.45) is 7.89. The van der Waals surface area contributed by atoms with Crippen LogP contribution in [0, 0.1) is 0 Å². The van der Waals surface area contributed by atoms with Gasteiger partial charge in [-0.2, -0.15) is 0 Å². The number of pyridine rings is 1. The lowest BCUT2D eigenvalue weighted by Gasteiger charge is -2.02. The van der Waals surface area contributed by atoms with Crippen molar-refractivity contribution in [3.63, 3.8) is 0 Å². The highest BCUT2D eigenvalue weighted by Gasteiger charge is 2.05. The van der Waals surface area contributed by atoms with Gasteiger partial charge in [-0.05, 0) is 36.3 Å². The van der Waals surface area contributed by atoms with E-state index in [9.17, 15) is 4.79 Å². The number of fused-ring (bicyclic) bond motifs is 4. The van der Waals surface area contributed by atoms with Crippen molar-refractivity contribution in [2.75, 3.05) is 6.54 Å². The van der Waals surface area contributed by atoms with Crippen LogP contribution in [0.2, 0.25) is 0 Å². The minimum atomic E-state index is -0.120. The van der Waals surface area contributed by atoms with Crippen LogP contribution >= 0.6 is 0 Å². The molecule has 0 unspecified atom stereocenters. The number of rotatable bonds is 5. The average Bonchev–Trinajstić information content (AvgIpc) is 3.33. The number of H-pyrrole nitrogens is 2. The van der Waals surface area contributed by atoms with Crippen LogP contribution in [0.25, 0.3) is 38.8 Å². The van der Waals surface area contributed by atoms with E-state index in [-0.39, 0.29) is 5.91 Å². The summed E-state index contributed by atoms with van der Waals surface area (Å²) < 4.78 is 0. The number of benzene rings is 2. The van der Waals surface area contributed by atoms with E-state index in [0.717, 1.165) is 39.4 Å². The van der Waals surface area contributed by atoms with Gasteiger partial charge in [0.1, 0.15) is 0 Å². The molecule has 0 fully saturated rings. The first-order valence-corrected chi connectivity index (χ1v) is 9.65. The molecule has 0 aliphatic rings. The van der Waals surface area contributed by atoms with Crippen molar-refractivity contribution in [2.45, 2.75) is 6.42 Å². The Morgan fingerprint density at radius 1 is 0.966 bits per heavy atom. The SMILES string of the molecule is O=C(/C=C/c1cc2c(cn1)[nH]c1ccccc12)NCCc1c[nH]c2ccccc12. The molecular weight excluding hydrogens is 360 g/mol. The van der Waals surface area contributed by atoms with Crippen molar-refractivity contribution in [3.8, 4) is 0 Å². The highest BCUT2D eigenvalue weighted by molar-refractivity contribution is 6.07. The van der Waals surface area contributed by atoms with Gasteiger partial charge in [-0.25, -0.2) is 0 Å². The molecule has 0 aliphatic carbocycles. The van der Waals surface area contributed by atoms with Gasteiger partial charge in [0.25, 0.3) is 0 Å². The molecule has 0 spiro atoms. The molecule has 5 nitrogen and oxygen atoms in total. The van der Waals surface area contributed by atoms with E-state index in [4.69, 9.17) is 0 Å². The summed E-state index contributed by atoms with van der Waals surface area (Å²) in [6, 6.07) is 18.3. The molecule has 0 bridgehead atoms. The third kappa shape index (κ3) is 3.38. The topological polar surface area (TPSA) is 73.6 Å². The summed E-state index contributed by atoms with van der Waals surface area (Å²) >= 11 is 0. The lowest BCUT2D eigenvalue weighted by atomic mass is 10.1. The van der Waals surface area contributed by atoms with Gasteiger partial charge < -0.3 is 15.3 Å². The number of carbonyl (C=O) groups is 1. The fourth-order valence-electron chi connectivity index (χ4n) is 3.74. The van der Waals surface area contributed by atoms with Crippen molar-refractivity contribution in [1.29, 1.82) is 0 Å². The van der Waals surface area contributed by atoms with Gasteiger partial charge in [0.2, 0.25) is 5.91 Å². The van der Waals surface area contributed by atoms with Crippen LogP contribution in [-0.2, 0) is 11.2 Å². The molecular formula is C24H20N4O. The van der Waals surface area contributed by atoms with Crippen molar-refractivity contribution in [3.05, 3.63) is 84.3 Å². The summed E-state index contributed by atoms with van der Waals surface area (Å²) in [5.41, 5.74) is 5.16. The van der Waals surface area contributed by atoms with Gasteiger partial charge in [0.05, 0.1) is 17.4 Å². The molecule has 2 aromatic carbocycles. The van der Waals surface area contributed by atoms with Crippen molar-refractivity contribution < 1.29 is 4.79 Å². The summed E-state index contributed by atoms with van der Waals surface area (Å²) in [6.45, 7) is 0.583. The zero-order valence-electron chi connectivity index (χ0n) is 15.8. The fourth-order valence-corrected chi connectivity index (χ4v) is 3.74. The van der Waals surface area contributed by atoms with Gasteiger partial charge in [0, 0.05) is 46.0 Å². The lowest BCUT2D eigenvalue weighted by Crippen LogP contribution is -2.23. The first-order chi connectivity index (χ1) is 14.3. The number of aromatic amines is 2. The summed E-state index contributed by atoms with van der Waals surface area (Å²) in [7, 11) is 0. The van der Waals surface area contributed by atoms with Gasteiger partial charge in [0.15, 0.2) is 0 Å². The molecule has 0 atom stereocenters. The third-order valence-electron chi connectivity index (χ3n) is 5.19. The molecule has 3 N–H and O–H groups in total. The number of para-hydroxylation sites is 2. The zero-order valence-corrected chi connectivity index (χ0v) is 15.8. The lowest BCUT2D eigenvalue weighted by molar-refractivity contribution is -0.116. The number of aromatic nitrogens is 3. The first kappa shape index (κ1) is 17.3. The molecule has 3 aromatic heterocycles. The molecule has 0 saturated heterocycles. The average molecular weight is 380 g/mol. The van der Waals surface area contributed by atoms with E-state index in [1.165, 1.54) is 17.0 Å². The summed E-state index contributed by atoms with van der Waals surface area (Å²) in [5.74, 6) is -0.120. The second kappa shape index (κ2) is 7.28. The van der Waals surface area contributed by atoms with Gasteiger partial charge >= 0.3 is 0 Å². The van der Waals surface area contributed by atoms with Crippen molar-refractivity contribution in [1.82, 2.24) is 20.3 Å². The van der Waals surface area contributed by atoms with Crippen LogP contribution in [-0.4, -0.2) is 27.4 Å².